The number of benzene rings is 17. The summed E-state index contributed by atoms with van der Waals surface area (Å²) < 4.78 is 4.58. The Balaban J connectivity index is 0.724. The third kappa shape index (κ3) is 15.7. The number of hydrogen-bond donors (Lipinski definition) is 0. The smallest absolute Gasteiger partial charge is 0.164 e. The molecule has 0 N–H and O–H groups in total. The van der Waals surface area contributed by atoms with E-state index in [4.69, 9.17) is 74.8 Å². The Labute approximate surface area is 791 Å². The summed E-state index contributed by atoms with van der Waals surface area (Å²) in [6.45, 7) is 0. The lowest BCUT2D eigenvalue weighted by atomic mass is 9.99. The van der Waals surface area contributed by atoms with E-state index in [9.17, 15) is 10.5 Å². The van der Waals surface area contributed by atoms with Gasteiger partial charge in [0.1, 0.15) is 0 Å². The molecule has 0 spiro atoms. The molecule has 0 aliphatic heterocycles. The summed E-state index contributed by atoms with van der Waals surface area (Å²) in [5.74, 6) is 7.35. The van der Waals surface area contributed by atoms with Gasteiger partial charge in [0.2, 0.25) is 0 Å². The average molecular weight is 1770 g/mol. The zero-order chi connectivity index (χ0) is 91.9. The Morgan fingerprint density at radius 3 is 0.471 bits per heavy atom. The highest BCUT2D eigenvalue weighted by molar-refractivity contribution is 6.14. The van der Waals surface area contributed by atoms with Gasteiger partial charge in [0, 0.05) is 116 Å². The molecule has 19 heteroatoms. The quantitative estimate of drug-likeness (QED) is 0.0729. The first kappa shape index (κ1) is 81.6. The molecule has 0 amide bonds. The standard InChI is InChI=1S/C119H71N19/c120-72-74-46-50-76(51-47-74)93-60-54-91(70-103(93)137-99-62-56-87(114-126-105(78-28-10-1-11-29-78)122-106(127-114)79-30-12-2-13-31-79)66-95(99)96-67-88(57-63-100(96)137)115-128-107(80-32-14-3-15-33-80)123-108(129-115)81-34-16-4-17-35-81)118-134-113(86-44-26-9-27-45-86)135-119(136-118)92-55-61-94(77-52-48-75(73-121)49-53-77)104(71-92)138-101-64-58-89(116-130-109(82-36-18-5-19-37-82)124-110(131-116)83-38-20-6-21-39-83)68-97(101)98-69-90(59-65-102(98)138)117-132-111(84-40-22-7-23-41-84)125-112(133-117)85-42-24-8-25-43-85/h1-71H. The lowest BCUT2D eigenvalue weighted by Gasteiger charge is -2.18. The van der Waals surface area contributed by atoms with Gasteiger partial charge in [-0.1, -0.05) is 322 Å². The molecule has 17 aromatic carbocycles. The SMILES string of the molecule is N#Cc1ccc(-c2ccc(-c3nc(-c4ccccc4)nc(-c4ccc(-c5ccc(C#N)cc5)c(-n5c6ccc(-c7nc(-c8ccccc8)nc(-c8ccccc8)n7)cc6c6cc(-c7nc(-c8ccccc8)nc(-c8ccccc8)n7)ccc65)c4)n3)cc2-n2c3ccc(-c4nc(-c5ccccc5)nc(-c5ccccc5)n4)cc3c3cc(-c4nc(-c5ccccc5)nc(-c5ccccc5)n4)ccc32)cc1. The molecule has 7 aromatic heterocycles. The molecule has 642 valence electrons. The summed E-state index contributed by atoms with van der Waals surface area (Å²) in [4.78, 5) is 79.3. The highest BCUT2D eigenvalue weighted by Gasteiger charge is 2.28. The molecular weight excluding hydrogens is 1700 g/mol. The Bertz CT molecular complexity index is 7820. The van der Waals surface area contributed by atoms with Crippen molar-refractivity contribution in [3.63, 3.8) is 0 Å². The van der Waals surface area contributed by atoms with Gasteiger partial charge in [-0.15, -0.1) is 0 Å². The lowest BCUT2D eigenvalue weighted by Crippen LogP contribution is -2.03. The molecule has 19 nitrogen and oxygen atoms in total. The van der Waals surface area contributed by atoms with Gasteiger partial charge < -0.3 is 9.13 Å². The van der Waals surface area contributed by atoms with Crippen LogP contribution in [0.1, 0.15) is 11.1 Å². The zero-order valence-electron chi connectivity index (χ0n) is 73.5. The van der Waals surface area contributed by atoms with E-state index >= 15 is 0 Å². The number of fused-ring (bicyclic) bond motifs is 6. The maximum Gasteiger partial charge on any atom is 0.164 e. The Morgan fingerprint density at radius 1 is 0.145 bits per heavy atom. The van der Waals surface area contributed by atoms with Crippen LogP contribution < -0.4 is 0 Å². The minimum Gasteiger partial charge on any atom is -0.309 e. The van der Waals surface area contributed by atoms with Crippen LogP contribution in [0.25, 0.3) is 248 Å². The first-order valence-electron chi connectivity index (χ1n) is 45.0. The van der Waals surface area contributed by atoms with Crippen LogP contribution in [-0.2, 0) is 0 Å². The van der Waals surface area contributed by atoms with Crippen molar-refractivity contribution in [1.82, 2.24) is 83.9 Å². The van der Waals surface area contributed by atoms with Crippen molar-refractivity contribution in [2.75, 3.05) is 0 Å². The topological polar surface area (TPSA) is 251 Å². The van der Waals surface area contributed by atoms with E-state index in [0.717, 1.165) is 150 Å². The minimum atomic E-state index is 0.386. The highest BCUT2D eigenvalue weighted by Crippen LogP contribution is 2.46. The number of nitrogens with zero attached hydrogens (tertiary/aromatic N) is 19. The molecule has 0 radical (unpaired) electrons. The van der Waals surface area contributed by atoms with E-state index < -0.39 is 0 Å². The van der Waals surface area contributed by atoms with Crippen LogP contribution in [0, 0.1) is 22.7 Å². The molecule has 0 unspecified atom stereocenters. The average Bonchev–Trinajstić information content (AvgIpc) is 1.57. The van der Waals surface area contributed by atoms with Crippen molar-refractivity contribution in [3.05, 3.63) is 442 Å². The van der Waals surface area contributed by atoms with Crippen molar-refractivity contribution in [2.24, 2.45) is 0 Å². The van der Waals surface area contributed by atoms with Crippen LogP contribution in [0.15, 0.2) is 431 Å². The first-order chi connectivity index (χ1) is 68.2. The van der Waals surface area contributed by atoms with E-state index in [1.54, 1.807) is 0 Å². The Hall–Kier alpha value is -19.6. The Kier molecular flexibility index (Phi) is 20.8. The fourth-order valence-corrected chi connectivity index (χ4v) is 17.9. The van der Waals surface area contributed by atoms with Gasteiger partial charge in [0.25, 0.3) is 0 Å². The van der Waals surface area contributed by atoms with Crippen LogP contribution >= 0.6 is 0 Å². The van der Waals surface area contributed by atoms with Crippen molar-refractivity contribution >= 4 is 43.6 Å². The van der Waals surface area contributed by atoms with Crippen LogP contribution in [0.4, 0.5) is 0 Å². The first-order valence-corrected chi connectivity index (χ1v) is 45.0. The number of aromatic nitrogens is 17. The van der Waals surface area contributed by atoms with Crippen molar-refractivity contribution in [1.29, 1.82) is 10.5 Å². The predicted octanol–water partition coefficient (Wildman–Crippen LogP) is 26.9. The third-order valence-electron chi connectivity index (χ3n) is 24.7. The summed E-state index contributed by atoms with van der Waals surface area (Å²) in [6.07, 6.45) is 0. The summed E-state index contributed by atoms with van der Waals surface area (Å²) in [5.41, 5.74) is 21.2. The molecule has 24 aromatic rings. The molecule has 0 fully saturated rings. The van der Waals surface area contributed by atoms with E-state index in [0.29, 0.717) is 110 Å². The maximum absolute atomic E-state index is 10.4. The number of hydrogen-bond acceptors (Lipinski definition) is 17. The lowest BCUT2D eigenvalue weighted by molar-refractivity contribution is 1.07. The molecule has 24 rings (SSSR count). The van der Waals surface area contributed by atoms with Gasteiger partial charge in [-0.2, -0.15) is 10.5 Å². The van der Waals surface area contributed by atoms with Crippen LogP contribution in [0.5, 0.6) is 0 Å². The molecule has 0 saturated heterocycles. The minimum absolute atomic E-state index is 0.386. The van der Waals surface area contributed by atoms with E-state index in [-0.39, 0.29) is 0 Å². The fourth-order valence-electron chi connectivity index (χ4n) is 17.9. The summed E-state index contributed by atoms with van der Waals surface area (Å²) in [7, 11) is 0. The molecule has 7 heterocycles. The fraction of sp³-hybridized carbons (Fsp3) is 0. The van der Waals surface area contributed by atoms with Gasteiger partial charge in [0.05, 0.1) is 56.7 Å². The largest absolute Gasteiger partial charge is 0.309 e. The molecule has 0 aliphatic rings. The molecule has 0 aliphatic carbocycles. The maximum atomic E-state index is 10.4. The summed E-state index contributed by atoms with van der Waals surface area (Å²) >= 11 is 0. The molecule has 0 atom stereocenters. The Morgan fingerprint density at radius 2 is 0.297 bits per heavy atom. The van der Waals surface area contributed by atoms with E-state index in [1.165, 1.54) is 0 Å². The predicted molar refractivity (Wildman–Crippen MR) is 544 cm³/mol. The van der Waals surface area contributed by atoms with Crippen molar-refractivity contribution in [2.45, 2.75) is 0 Å². The summed E-state index contributed by atoms with van der Waals surface area (Å²) in [6, 6.07) is 148. The number of rotatable bonds is 19. The second-order valence-corrected chi connectivity index (χ2v) is 33.3. The van der Waals surface area contributed by atoms with Gasteiger partial charge >= 0.3 is 0 Å². The van der Waals surface area contributed by atoms with Gasteiger partial charge in [-0.05, 0) is 120 Å². The van der Waals surface area contributed by atoms with Crippen LogP contribution in [0.3, 0.4) is 0 Å². The van der Waals surface area contributed by atoms with Crippen LogP contribution in [0.2, 0.25) is 0 Å². The number of nitriles is 2. The molecule has 0 bridgehead atoms. The second kappa shape index (κ2) is 35.2. The van der Waals surface area contributed by atoms with Gasteiger partial charge in [0.15, 0.2) is 87.4 Å². The van der Waals surface area contributed by atoms with Crippen molar-refractivity contribution in [3.8, 4) is 217 Å². The molecule has 0 saturated carbocycles. The second-order valence-electron chi connectivity index (χ2n) is 33.3. The van der Waals surface area contributed by atoms with Crippen molar-refractivity contribution < 1.29 is 0 Å². The zero-order valence-corrected chi connectivity index (χ0v) is 73.5. The normalized spacial score (nSPS) is 11.3. The molecular formula is C119H71N19. The highest BCUT2D eigenvalue weighted by atomic mass is 15.1. The van der Waals surface area contributed by atoms with Gasteiger partial charge in [-0.3, -0.25) is 0 Å². The summed E-state index contributed by atoms with van der Waals surface area (Å²) in [5, 5.41) is 24.2. The van der Waals surface area contributed by atoms with E-state index in [2.05, 4.69) is 130 Å². The van der Waals surface area contributed by atoms with E-state index in [1.807, 2.05) is 322 Å². The molecule has 138 heavy (non-hydrogen) atoms. The monoisotopic (exact) mass is 1770 g/mol. The third-order valence-corrected chi connectivity index (χ3v) is 24.7. The van der Waals surface area contributed by atoms with Gasteiger partial charge in [-0.25, -0.2) is 74.8 Å². The van der Waals surface area contributed by atoms with Crippen LogP contribution in [-0.4, -0.2) is 83.9 Å².